The third kappa shape index (κ3) is 6.17. The summed E-state index contributed by atoms with van der Waals surface area (Å²) in [7, 11) is 1.52. The van der Waals surface area contributed by atoms with Crippen LogP contribution < -0.4 is 14.8 Å². The number of carbonyl (C=O) groups excluding carboxylic acids is 1. The highest BCUT2D eigenvalue weighted by Gasteiger charge is 2.23. The molecule has 0 fully saturated rings. The lowest BCUT2D eigenvalue weighted by Crippen LogP contribution is -2.36. The molecule has 2 aromatic heterocycles. The molecule has 4 aromatic rings. The molecule has 0 aliphatic heterocycles. The Morgan fingerprint density at radius 2 is 1.67 bits per heavy atom. The molecule has 0 bridgehead atoms. The summed E-state index contributed by atoms with van der Waals surface area (Å²) in [6.45, 7) is 1.95. The number of pyridine rings is 2. The van der Waals surface area contributed by atoms with Gasteiger partial charge in [0.05, 0.1) is 18.8 Å². The molecule has 2 N–H and O–H groups in total. The molecule has 2 aromatic carbocycles. The maximum atomic E-state index is 13.9. The number of ether oxygens (including phenoxy) is 1. The van der Waals surface area contributed by atoms with Crippen LogP contribution >= 0.6 is 11.9 Å². The Bertz CT molecular complexity index is 1350. The fourth-order valence-corrected chi connectivity index (χ4v) is 4.46. The lowest BCUT2D eigenvalue weighted by Gasteiger charge is -2.22. The van der Waals surface area contributed by atoms with Gasteiger partial charge in [0.1, 0.15) is 11.6 Å². The third-order valence-corrected chi connectivity index (χ3v) is 6.40. The van der Waals surface area contributed by atoms with Gasteiger partial charge < -0.3 is 10.1 Å². The van der Waals surface area contributed by atoms with Gasteiger partial charge in [0, 0.05) is 34.5 Å². The average molecular weight is 507 g/mol. The van der Waals surface area contributed by atoms with Gasteiger partial charge >= 0.3 is 6.03 Å². The fourth-order valence-electron chi connectivity index (χ4n) is 3.82. The largest absolute Gasteiger partial charge is 0.481 e. The molecular formula is C27H24F2N4O2S. The molecule has 2 amide bonds. The van der Waals surface area contributed by atoms with Gasteiger partial charge in [-0.2, -0.15) is 0 Å². The summed E-state index contributed by atoms with van der Waals surface area (Å²) in [5.74, 6) is -1.00. The summed E-state index contributed by atoms with van der Waals surface area (Å²) < 4.78 is 36.1. The first-order chi connectivity index (χ1) is 17.4. The zero-order chi connectivity index (χ0) is 25.5. The monoisotopic (exact) mass is 506 g/mol. The zero-order valence-corrected chi connectivity index (χ0v) is 20.5. The van der Waals surface area contributed by atoms with Crippen molar-refractivity contribution in [3.8, 4) is 17.0 Å². The van der Waals surface area contributed by atoms with Crippen LogP contribution in [0.4, 0.5) is 13.6 Å². The van der Waals surface area contributed by atoms with Crippen molar-refractivity contribution in [2.45, 2.75) is 24.3 Å². The van der Waals surface area contributed by atoms with E-state index in [1.807, 2.05) is 43.3 Å². The number of rotatable bonds is 8. The molecule has 4 rings (SSSR count). The molecule has 0 saturated carbocycles. The van der Waals surface area contributed by atoms with Crippen LogP contribution in [0.25, 0.3) is 11.1 Å². The van der Waals surface area contributed by atoms with Crippen molar-refractivity contribution in [2.75, 3.05) is 7.11 Å². The van der Waals surface area contributed by atoms with Gasteiger partial charge in [0.2, 0.25) is 5.88 Å². The lowest BCUT2D eigenvalue weighted by atomic mass is 9.96. The minimum atomic E-state index is -0.718. The summed E-state index contributed by atoms with van der Waals surface area (Å²) in [5, 5.41) is 2.92. The minimum Gasteiger partial charge on any atom is -0.481 e. The number of urea groups is 1. The van der Waals surface area contributed by atoms with Gasteiger partial charge in [-0.3, -0.25) is 9.71 Å². The number of methoxy groups -OCH3 is 1. The second kappa shape index (κ2) is 11.6. The number of aromatic nitrogens is 2. The van der Waals surface area contributed by atoms with Crippen LogP contribution in [0.2, 0.25) is 0 Å². The molecule has 1 atom stereocenters. The molecule has 9 heteroatoms. The van der Waals surface area contributed by atoms with Crippen molar-refractivity contribution in [3.63, 3.8) is 0 Å². The number of hydrogen-bond donors (Lipinski definition) is 2. The summed E-state index contributed by atoms with van der Waals surface area (Å²) >= 11 is 1.18. The van der Waals surface area contributed by atoms with E-state index < -0.39 is 23.7 Å². The Kier molecular flexibility index (Phi) is 8.12. The molecule has 0 aliphatic rings. The van der Waals surface area contributed by atoms with E-state index in [9.17, 15) is 13.6 Å². The quantitative estimate of drug-likeness (QED) is 0.286. The second-order valence-corrected chi connectivity index (χ2v) is 8.82. The highest BCUT2D eigenvalue weighted by molar-refractivity contribution is 7.98. The van der Waals surface area contributed by atoms with Gasteiger partial charge in [-0.05, 0) is 72.8 Å². The van der Waals surface area contributed by atoms with Crippen molar-refractivity contribution < 1.29 is 18.3 Å². The second-order valence-electron chi connectivity index (χ2n) is 7.97. The van der Waals surface area contributed by atoms with Crippen molar-refractivity contribution in [2.24, 2.45) is 0 Å². The van der Waals surface area contributed by atoms with Crippen LogP contribution in [0.5, 0.6) is 5.88 Å². The predicted octanol–water partition coefficient (Wildman–Crippen LogP) is 6.03. The number of hydrogen-bond acceptors (Lipinski definition) is 5. The van der Waals surface area contributed by atoms with Gasteiger partial charge in [0.25, 0.3) is 0 Å². The Labute approximate surface area is 212 Å². The van der Waals surface area contributed by atoms with Crippen LogP contribution in [0.15, 0.2) is 84.0 Å². The summed E-state index contributed by atoms with van der Waals surface area (Å²) in [4.78, 5) is 22.6. The van der Waals surface area contributed by atoms with E-state index in [0.717, 1.165) is 16.5 Å². The summed E-state index contributed by atoms with van der Waals surface area (Å²) in [5.41, 5.74) is 3.25. The van der Waals surface area contributed by atoms with Crippen molar-refractivity contribution in [3.05, 3.63) is 108 Å². The van der Waals surface area contributed by atoms with E-state index in [1.54, 1.807) is 24.5 Å². The van der Waals surface area contributed by atoms with E-state index >= 15 is 0 Å². The first kappa shape index (κ1) is 25.1. The van der Waals surface area contributed by atoms with Gasteiger partial charge in [-0.25, -0.2) is 18.6 Å². The van der Waals surface area contributed by atoms with E-state index in [-0.39, 0.29) is 6.42 Å². The first-order valence-electron chi connectivity index (χ1n) is 11.1. The van der Waals surface area contributed by atoms with Crippen LogP contribution in [0.1, 0.15) is 22.9 Å². The van der Waals surface area contributed by atoms with E-state index in [0.29, 0.717) is 28.3 Å². The molecule has 0 aliphatic carbocycles. The van der Waals surface area contributed by atoms with Crippen molar-refractivity contribution in [1.82, 2.24) is 20.0 Å². The number of halogens is 2. The standard InChI is InChI=1S/C27H24F2N4O2S/c1-17-7-3-4-10-24(17)36-33-27(34)32-23(15-18-13-19(28)16-20(29)14-18)25-21(8-5-11-30-25)22-9-6-12-31-26(22)35-2/h3-14,16,23H,15H2,1-2H3,(H2,32,33,34). The molecule has 0 spiro atoms. The topological polar surface area (TPSA) is 76.1 Å². The molecule has 6 nitrogen and oxygen atoms in total. The third-order valence-electron chi connectivity index (χ3n) is 5.44. The minimum absolute atomic E-state index is 0.101. The molecular weight excluding hydrogens is 482 g/mol. The Morgan fingerprint density at radius 1 is 0.972 bits per heavy atom. The van der Waals surface area contributed by atoms with Crippen LogP contribution in [-0.4, -0.2) is 23.1 Å². The van der Waals surface area contributed by atoms with Gasteiger partial charge in [-0.15, -0.1) is 0 Å². The highest BCUT2D eigenvalue weighted by atomic mass is 32.2. The number of nitrogens with one attached hydrogen (secondary N) is 2. The normalized spacial score (nSPS) is 11.6. The van der Waals surface area contributed by atoms with Crippen LogP contribution in [0.3, 0.4) is 0 Å². The first-order valence-corrected chi connectivity index (χ1v) is 11.9. The van der Waals surface area contributed by atoms with Crippen LogP contribution in [-0.2, 0) is 6.42 Å². The Balaban J connectivity index is 1.67. The zero-order valence-electron chi connectivity index (χ0n) is 19.7. The molecule has 36 heavy (non-hydrogen) atoms. The Hall–Kier alpha value is -3.98. The maximum Gasteiger partial charge on any atom is 0.325 e. The predicted molar refractivity (Wildman–Crippen MR) is 136 cm³/mol. The lowest BCUT2D eigenvalue weighted by molar-refractivity contribution is 0.242. The SMILES string of the molecule is COc1ncccc1-c1cccnc1C(Cc1cc(F)cc(F)c1)NC(=O)NSc1ccccc1C. The molecule has 2 heterocycles. The highest BCUT2D eigenvalue weighted by Crippen LogP contribution is 2.33. The average Bonchev–Trinajstić information content (AvgIpc) is 2.87. The Morgan fingerprint density at radius 3 is 2.39 bits per heavy atom. The fraction of sp³-hybridized carbons (Fsp3) is 0.148. The number of aryl methyl sites for hydroxylation is 1. The molecule has 1 unspecified atom stereocenters. The number of benzene rings is 2. The number of carbonyl (C=O) groups is 1. The van der Waals surface area contributed by atoms with E-state index in [2.05, 4.69) is 20.0 Å². The maximum absolute atomic E-state index is 13.9. The summed E-state index contributed by atoms with van der Waals surface area (Å²) in [6, 6.07) is 17.0. The van der Waals surface area contributed by atoms with Gasteiger partial charge in [-0.1, -0.05) is 24.3 Å². The van der Waals surface area contributed by atoms with Crippen LogP contribution in [0, 0.1) is 18.6 Å². The van der Waals surface area contributed by atoms with E-state index in [1.165, 1.54) is 31.2 Å². The molecule has 184 valence electrons. The number of amides is 2. The van der Waals surface area contributed by atoms with Crippen molar-refractivity contribution in [1.29, 1.82) is 0 Å². The van der Waals surface area contributed by atoms with E-state index in [4.69, 9.17) is 4.74 Å². The smallest absolute Gasteiger partial charge is 0.325 e. The molecule has 0 saturated heterocycles. The summed E-state index contributed by atoms with van der Waals surface area (Å²) in [6.07, 6.45) is 3.31. The molecule has 0 radical (unpaired) electrons. The number of nitrogens with zero attached hydrogens (tertiary/aromatic N) is 2. The van der Waals surface area contributed by atoms with Gasteiger partial charge in [0.15, 0.2) is 0 Å². The van der Waals surface area contributed by atoms with Crippen molar-refractivity contribution >= 4 is 18.0 Å².